The van der Waals surface area contributed by atoms with Gasteiger partial charge in [0.2, 0.25) is 10.0 Å². The van der Waals surface area contributed by atoms with Crippen molar-refractivity contribution >= 4 is 21.9 Å². The zero-order valence-corrected chi connectivity index (χ0v) is 18.5. The van der Waals surface area contributed by atoms with Crippen LogP contribution < -0.4 is 5.32 Å². The van der Waals surface area contributed by atoms with E-state index in [2.05, 4.69) is 33.0 Å². The van der Waals surface area contributed by atoms with E-state index >= 15 is 0 Å². The summed E-state index contributed by atoms with van der Waals surface area (Å²) < 4.78 is 32.3. The van der Waals surface area contributed by atoms with Gasteiger partial charge in [-0.3, -0.25) is 4.79 Å². The van der Waals surface area contributed by atoms with Crippen LogP contribution in [0.2, 0.25) is 0 Å². The lowest BCUT2D eigenvalue weighted by Gasteiger charge is -2.34. The smallest absolute Gasteiger partial charge is 0.338 e. The predicted molar refractivity (Wildman–Crippen MR) is 111 cm³/mol. The number of ether oxygens (including phenoxy) is 1. The highest BCUT2D eigenvalue weighted by atomic mass is 32.2. The van der Waals surface area contributed by atoms with Crippen LogP contribution >= 0.6 is 0 Å². The molecule has 0 spiro atoms. The van der Waals surface area contributed by atoms with Crippen LogP contribution in [0.15, 0.2) is 29.2 Å². The number of hydrogen-bond donors (Lipinski definition) is 1. The van der Waals surface area contributed by atoms with E-state index in [1.54, 1.807) is 0 Å². The highest BCUT2D eigenvalue weighted by Crippen LogP contribution is 2.26. The molecule has 1 N–H and O–H groups in total. The first-order valence-electron chi connectivity index (χ1n) is 10.1. The third-order valence-electron chi connectivity index (χ3n) is 4.94. The minimum absolute atomic E-state index is 0.154. The number of benzene rings is 1. The Kier molecular flexibility index (Phi) is 8.22. The molecule has 1 aliphatic rings. The van der Waals surface area contributed by atoms with E-state index in [0.717, 1.165) is 12.8 Å². The molecule has 1 aromatic rings. The molecule has 29 heavy (non-hydrogen) atoms. The van der Waals surface area contributed by atoms with Crippen molar-refractivity contribution in [3.05, 3.63) is 29.8 Å². The first-order chi connectivity index (χ1) is 13.6. The number of esters is 1. The zero-order chi connectivity index (χ0) is 21.6. The van der Waals surface area contributed by atoms with Gasteiger partial charge >= 0.3 is 5.97 Å². The van der Waals surface area contributed by atoms with Gasteiger partial charge in [-0.15, -0.1) is 0 Å². The van der Waals surface area contributed by atoms with Gasteiger partial charge in [0.15, 0.2) is 6.61 Å². The molecular weight excluding hydrogens is 392 g/mol. The number of carbonyl (C=O) groups is 2. The molecule has 0 aromatic heterocycles. The third-order valence-corrected chi connectivity index (χ3v) is 6.79. The fourth-order valence-corrected chi connectivity index (χ4v) is 5.16. The van der Waals surface area contributed by atoms with E-state index in [-0.39, 0.29) is 23.0 Å². The molecule has 0 saturated carbocycles. The van der Waals surface area contributed by atoms with Gasteiger partial charge in [0, 0.05) is 19.6 Å². The van der Waals surface area contributed by atoms with Crippen molar-refractivity contribution in [3.8, 4) is 0 Å². The molecule has 1 saturated heterocycles. The summed E-state index contributed by atoms with van der Waals surface area (Å²) >= 11 is 0. The first kappa shape index (κ1) is 23.3. The first-order valence-corrected chi connectivity index (χ1v) is 11.6. The van der Waals surface area contributed by atoms with Crippen molar-refractivity contribution in [1.82, 2.24) is 9.62 Å². The number of amides is 1. The number of nitrogens with zero attached hydrogens (tertiary/aromatic N) is 1. The lowest BCUT2D eigenvalue weighted by molar-refractivity contribution is -0.124. The molecule has 1 fully saturated rings. The second-order valence-electron chi connectivity index (χ2n) is 8.40. The fourth-order valence-electron chi connectivity index (χ4n) is 3.48. The van der Waals surface area contributed by atoms with Crippen LogP contribution in [0.25, 0.3) is 0 Å². The summed E-state index contributed by atoms with van der Waals surface area (Å²) in [6.07, 6.45) is 1.87. The Morgan fingerprint density at radius 2 is 1.72 bits per heavy atom. The number of sulfonamides is 1. The Hall–Kier alpha value is -1.93. The summed E-state index contributed by atoms with van der Waals surface area (Å²) in [6, 6.07) is 5.67. The van der Waals surface area contributed by atoms with E-state index in [0.29, 0.717) is 37.4 Å². The summed E-state index contributed by atoms with van der Waals surface area (Å²) in [5.74, 6) is 0.0904. The normalized spacial score (nSPS) is 20.4. The molecule has 1 aliphatic heterocycles. The summed E-state index contributed by atoms with van der Waals surface area (Å²) in [5, 5.41) is 2.69. The van der Waals surface area contributed by atoms with Crippen molar-refractivity contribution in [3.63, 3.8) is 0 Å². The van der Waals surface area contributed by atoms with Crippen LogP contribution in [0.4, 0.5) is 0 Å². The molecule has 1 aromatic carbocycles. The SMILES string of the molecule is CC(C)CCNC(=O)COC(=O)c1ccc(S(=O)(=O)N2C[C@@H](C)C[C@H](C)C2)cc1. The van der Waals surface area contributed by atoms with E-state index < -0.39 is 16.0 Å². The number of rotatable bonds is 8. The van der Waals surface area contributed by atoms with Crippen molar-refractivity contribution in [2.75, 3.05) is 26.2 Å². The van der Waals surface area contributed by atoms with Crippen LogP contribution in [0.1, 0.15) is 50.9 Å². The van der Waals surface area contributed by atoms with Gasteiger partial charge in [0.25, 0.3) is 5.91 Å². The average molecular weight is 425 g/mol. The van der Waals surface area contributed by atoms with Gasteiger partial charge in [-0.25, -0.2) is 13.2 Å². The molecule has 2 atom stereocenters. The number of hydrogen-bond acceptors (Lipinski definition) is 5. The molecule has 0 unspecified atom stereocenters. The van der Waals surface area contributed by atoms with Crippen LogP contribution in [-0.4, -0.2) is 50.8 Å². The maximum Gasteiger partial charge on any atom is 0.338 e. The van der Waals surface area contributed by atoms with Crippen LogP contribution in [0.5, 0.6) is 0 Å². The van der Waals surface area contributed by atoms with E-state index in [9.17, 15) is 18.0 Å². The van der Waals surface area contributed by atoms with E-state index in [1.165, 1.54) is 28.6 Å². The van der Waals surface area contributed by atoms with Crippen molar-refractivity contribution in [2.45, 2.75) is 45.4 Å². The van der Waals surface area contributed by atoms with Gasteiger partial charge in [0.05, 0.1) is 10.5 Å². The Bertz CT molecular complexity index is 795. The van der Waals surface area contributed by atoms with Gasteiger partial charge in [-0.05, 0) is 54.9 Å². The van der Waals surface area contributed by atoms with Gasteiger partial charge in [-0.2, -0.15) is 4.31 Å². The molecule has 162 valence electrons. The summed E-state index contributed by atoms with van der Waals surface area (Å²) in [4.78, 5) is 24.0. The van der Waals surface area contributed by atoms with Crippen molar-refractivity contribution in [2.24, 2.45) is 17.8 Å². The Balaban J connectivity index is 1.93. The Morgan fingerprint density at radius 1 is 1.14 bits per heavy atom. The second-order valence-corrected chi connectivity index (χ2v) is 10.3. The molecule has 0 bridgehead atoms. The molecule has 1 heterocycles. The molecule has 8 heteroatoms. The number of piperidine rings is 1. The van der Waals surface area contributed by atoms with Crippen molar-refractivity contribution < 1.29 is 22.7 Å². The minimum atomic E-state index is -3.60. The standard InChI is InChI=1S/C21H32N2O5S/c1-15(2)9-10-22-20(24)14-28-21(25)18-5-7-19(8-6-18)29(26,27)23-12-16(3)11-17(4)13-23/h5-8,15-17H,9-14H2,1-4H3,(H,22,24)/t16-,17-/m0/s1. The minimum Gasteiger partial charge on any atom is -0.452 e. The van der Waals surface area contributed by atoms with Gasteiger partial charge < -0.3 is 10.1 Å². The summed E-state index contributed by atoms with van der Waals surface area (Å²) in [5.41, 5.74) is 0.208. The summed E-state index contributed by atoms with van der Waals surface area (Å²) in [6.45, 7) is 9.40. The van der Waals surface area contributed by atoms with Crippen LogP contribution in [0, 0.1) is 17.8 Å². The second kappa shape index (κ2) is 10.2. The largest absolute Gasteiger partial charge is 0.452 e. The number of nitrogens with one attached hydrogen (secondary N) is 1. The Labute approximate surface area is 173 Å². The van der Waals surface area contributed by atoms with Gasteiger partial charge in [-0.1, -0.05) is 27.7 Å². The lowest BCUT2D eigenvalue weighted by atomic mass is 9.94. The molecule has 7 nitrogen and oxygen atoms in total. The van der Waals surface area contributed by atoms with E-state index in [4.69, 9.17) is 4.74 Å². The van der Waals surface area contributed by atoms with E-state index in [1.807, 2.05) is 0 Å². The summed E-state index contributed by atoms with van der Waals surface area (Å²) in [7, 11) is -3.60. The highest BCUT2D eigenvalue weighted by Gasteiger charge is 2.31. The van der Waals surface area contributed by atoms with Crippen LogP contribution in [-0.2, 0) is 19.6 Å². The third kappa shape index (κ3) is 6.82. The quantitative estimate of drug-likeness (QED) is 0.648. The fraction of sp³-hybridized carbons (Fsp3) is 0.619. The lowest BCUT2D eigenvalue weighted by Crippen LogP contribution is -2.42. The zero-order valence-electron chi connectivity index (χ0n) is 17.7. The Morgan fingerprint density at radius 3 is 2.28 bits per heavy atom. The predicted octanol–water partition coefficient (Wildman–Crippen LogP) is 2.67. The molecule has 1 amide bonds. The maximum atomic E-state index is 12.9. The number of carbonyl (C=O) groups excluding carboxylic acids is 2. The van der Waals surface area contributed by atoms with Crippen molar-refractivity contribution in [1.29, 1.82) is 0 Å². The van der Waals surface area contributed by atoms with Crippen LogP contribution in [0.3, 0.4) is 0 Å². The molecular formula is C21H32N2O5S. The topological polar surface area (TPSA) is 92.8 Å². The maximum absolute atomic E-state index is 12.9. The molecule has 0 radical (unpaired) electrons. The van der Waals surface area contributed by atoms with Gasteiger partial charge in [0.1, 0.15) is 0 Å². The monoisotopic (exact) mass is 424 g/mol. The molecule has 2 rings (SSSR count). The molecule has 0 aliphatic carbocycles. The average Bonchev–Trinajstić information content (AvgIpc) is 2.65. The highest BCUT2D eigenvalue weighted by molar-refractivity contribution is 7.89.